The van der Waals surface area contributed by atoms with Crippen LogP contribution in [0.1, 0.15) is 18.1 Å². The van der Waals surface area contributed by atoms with Gasteiger partial charge in [-0.2, -0.15) is 26.3 Å². The maximum Gasteiger partial charge on any atom is 0.430 e. The predicted molar refractivity (Wildman–Crippen MR) is 105 cm³/mol. The van der Waals surface area contributed by atoms with Crippen LogP contribution < -0.4 is 10.1 Å². The van der Waals surface area contributed by atoms with Crippen LogP contribution in [-0.4, -0.2) is 44.6 Å². The number of rotatable bonds is 7. The lowest BCUT2D eigenvalue weighted by molar-refractivity contribution is -0.377. The molecule has 0 heterocycles. The minimum Gasteiger partial charge on any atom is -0.495 e. The Bertz CT molecular complexity index is 1150. The summed E-state index contributed by atoms with van der Waals surface area (Å²) in [5.41, 5.74) is -7.96. The topological polar surface area (TPSA) is 92.7 Å². The largest absolute Gasteiger partial charge is 0.495 e. The van der Waals surface area contributed by atoms with E-state index in [1.807, 2.05) is 0 Å². The van der Waals surface area contributed by atoms with Gasteiger partial charge in [0.05, 0.1) is 29.9 Å². The van der Waals surface area contributed by atoms with Crippen LogP contribution in [0.4, 0.5) is 36.4 Å². The van der Waals surface area contributed by atoms with E-state index in [1.54, 1.807) is 0 Å². The average molecular weight is 517 g/mol. The van der Waals surface area contributed by atoms with Crippen molar-refractivity contribution >= 4 is 21.4 Å². The summed E-state index contributed by atoms with van der Waals surface area (Å²) in [6, 6.07) is 5.32. The van der Waals surface area contributed by atoms with Gasteiger partial charge in [-0.1, -0.05) is 19.1 Å². The molecule has 0 saturated heterocycles. The molecule has 0 unspecified atom stereocenters. The lowest BCUT2D eigenvalue weighted by atomic mass is 9.91. The number of nitrogens with one attached hydrogen (secondary N) is 1. The molecule has 0 aliphatic rings. The van der Waals surface area contributed by atoms with Crippen LogP contribution >= 0.6 is 0 Å². The number of sulfone groups is 1. The Hall–Kier alpha value is -2.87. The maximum atomic E-state index is 14.4. The highest BCUT2D eigenvalue weighted by Gasteiger charge is 2.72. The third-order valence-electron chi connectivity index (χ3n) is 4.80. The molecule has 6 nitrogen and oxygen atoms in total. The third kappa shape index (κ3) is 5.27. The van der Waals surface area contributed by atoms with Crippen LogP contribution in [0.15, 0.2) is 41.3 Å². The van der Waals surface area contributed by atoms with Gasteiger partial charge in [0.1, 0.15) is 11.6 Å². The number of hydrogen-bond acceptors (Lipinski definition) is 5. The number of carbonyl (C=O) groups is 1. The number of hydrogen-bond donors (Lipinski definition) is 2. The third-order valence-corrected chi connectivity index (χ3v) is 6.55. The minimum absolute atomic E-state index is 0.00364. The van der Waals surface area contributed by atoms with Crippen molar-refractivity contribution in [3.8, 4) is 5.75 Å². The fourth-order valence-corrected chi connectivity index (χ4v) is 3.81. The molecular weight excluding hydrogens is 499 g/mol. The van der Waals surface area contributed by atoms with Crippen LogP contribution in [-0.2, 0) is 26.7 Å². The van der Waals surface area contributed by atoms with Gasteiger partial charge in [-0.25, -0.2) is 12.8 Å². The van der Waals surface area contributed by atoms with Gasteiger partial charge in [-0.15, -0.1) is 0 Å². The number of ether oxygens (including phenoxy) is 1. The first-order valence-electron chi connectivity index (χ1n) is 9.33. The number of carbonyl (C=O) groups excluding carboxylic acids is 1. The molecule has 2 aromatic carbocycles. The van der Waals surface area contributed by atoms with Crippen LogP contribution in [0.25, 0.3) is 0 Å². The number of alkyl halides is 6. The highest BCUT2D eigenvalue weighted by molar-refractivity contribution is 7.91. The van der Waals surface area contributed by atoms with E-state index in [1.165, 1.54) is 31.2 Å². The Morgan fingerprint density at radius 1 is 1.03 bits per heavy atom. The van der Waals surface area contributed by atoms with E-state index in [9.17, 15) is 49.1 Å². The Balaban J connectivity index is 2.36. The van der Waals surface area contributed by atoms with Gasteiger partial charge in [0, 0.05) is 11.6 Å². The van der Waals surface area contributed by atoms with Crippen molar-refractivity contribution in [3.63, 3.8) is 0 Å². The molecule has 0 spiro atoms. The molecule has 1 amide bonds. The Labute approximate surface area is 189 Å². The summed E-state index contributed by atoms with van der Waals surface area (Å²) in [5.74, 6) is -3.88. The van der Waals surface area contributed by atoms with Crippen molar-refractivity contribution in [2.45, 2.75) is 36.2 Å². The molecule has 0 aromatic heterocycles. The highest BCUT2D eigenvalue weighted by Crippen LogP contribution is 2.51. The number of anilines is 1. The van der Waals surface area contributed by atoms with Gasteiger partial charge in [0.15, 0.2) is 9.84 Å². The van der Waals surface area contributed by atoms with Crippen molar-refractivity contribution in [2.24, 2.45) is 0 Å². The second-order valence-corrected chi connectivity index (χ2v) is 9.29. The summed E-state index contributed by atoms with van der Waals surface area (Å²) in [4.78, 5) is 12.3. The quantitative estimate of drug-likeness (QED) is 0.540. The molecule has 0 saturated carbocycles. The van der Waals surface area contributed by atoms with Crippen LogP contribution in [0.2, 0.25) is 0 Å². The molecule has 188 valence electrons. The first kappa shape index (κ1) is 27.4. The molecule has 0 fully saturated rings. The van der Waals surface area contributed by atoms with Crippen molar-refractivity contribution in [1.29, 1.82) is 0 Å². The predicted octanol–water partition coefficient (Wildman–Crippen LogP) is 4.12. The summed E-state index contributed by atoms with van der Waals surface area (Å²) in [5, 5.41) is 11.5. The zero-order valence-electron chi connectivity index (χ0n) is 17.5. The maximum absolute atomic E-state index is 14.4. The minimum atomic E-state index is -6.32. The fraction of sp³-hybridized carbons (Fsp3) is 0.350. The smallest absolute Gasteiger partial charge is 0.430 e. The van der Waals surface area contributed by atoms with Crippen LogP contribution in [0.3, 0.4) is 0 Å². The molecule has 2 rings (SSSR count). The molecule has 0 atom stereocenters. The summed E-state index contributed by atoms with van der Waals surface area (Å²) >= 11 is 0. The average Bonchev–Trinajstić information content (AvgIpc) is 2.72. The van der Waals surface area contributed by atoms with E-state index in [4.69, 9.17) is 0 Å². The number of benzene rings is 2. The zero-order chi connectivity index (χ0) is 26.1. The van der Waals surface area contributed by atoms with Crippen molar-refractivity contribution in [2.75, 3.05) is 18.2 Å². The lowest BCUT2D eigenvalue weighted by Gasteiger charge is -2.33. The van der Waals surface area contributed by atoms with Gasteiger partial charge in [-0.3, -0.25) is 4.79 Å². The summed E-state index contributed by atoms with van der Waals surface area (Å²) in [6.07, 6.45) is -13.0. The van der Waals surface area contributed by atoms with E-state index in [-0.39, 0.29) is 22.8 Å². The second-order valence-electron chi connectivity index (χ2n) is 7.01. The molecular formula is C20H18F7NO5S. The number of halogens is 7. The molecule has 0 aliphatic heterocycles. The van der Waals surface area contributed by atoms with Crippen molar-refractivity contribution < 1.29 is 53.8 Å². The van der Waals surface area contributed by atoms with Crippen LogP contribution in [0, 0.1) is 5.82 Å². The van der Waals surface area contributed by atoms with E-state index in [2.05, 4.69) is 10.1 Å². The molecule has 2 aromatic rings. The van der Waals surface area contributed by atoms with E-state index in [0.29, 0.717) is 5.56 Å². The summed E-state index contributed by atoms with van der Waals surface area (Å²) in [6.45, 7) is 1.44. The normalized spacial score (nSPS) is 13.0. The van der Waals surface area contributed by atoms with E-state index >= 15 is 0 Å². The SMILES string of the molecule is CCS(=O)(=O)c1ccc(CC(=O)Nc2cc(F)c(C(O)(C(F)(F)F)C(F)(F)F)cc2OC)cc1. The standard InChI is InChI=1S/C20H18F7NO5S/c1-3-34(31,32)12-6-4-11(5-7-12)8-17(29)28-15-10-14(21)13(9-16(15)33-2)18(30,19(22,23)24)20(25,26)27/h4-7,9-10,30H,3,8H2,1-2H3,(H,28,29). The fourth-order valence-electron chi connectivity index (χ4n) is 2.92. The number of methoxy groups -OCH3 is 1. The van der Waals surface area contributed by atoms with Crippen molar-refractivity contribution in [1.82, 2.24) is 0 Å². The molecule has 0 radical (unpaired) electrons. The van der Waals surface area contributed by atoms with E-state index in [0.717, 1.165) is 7.11 Å². The zero-order valence-corrected chi connectivity index (χ0v) is 18.3. The highest BCUT2D eigenvalue weighted by atomic mass is 32.2. The molecule has 14 heteroatoms. The monoisotopic (exact) mass is 517 g/mol. The number of amides is 1. The molecule has 0 bridgehead atoms. The van der Waals surface area contributed by atoms with E-state index < -0.39 is 62.9 Å². The van der Waals surface area contributed by atoms with Gasteiger partial charge in [-0.05, 0) is 23.8 Å². The Kier molecular flexibility index (Phi) is 7.57. The summed E-state index contributed by atoms with van der Waals surface area (Å²) in [7, 11) is -2.64. The summed E-state index contributed by atoms with van der Waals surface area (Å²) < 4.78 is 121. The van der Waals surface area contributed by atoms with Crippen LogP contribution in [0.5, 0.6) is 5.75 Å². The van der Waals surface area contributed by atoms with Gasteiger partial charge < -0.3 is 15.2 Å². The van der Waals surface area contributed by atoms with Crippen molar-refractivity contribution in [3.05, 3.63) is 53.3 Å². The van der Waals surface area contributed by atoms with Gasteiger partial charge >= 0.3 is 12.4 Å². The number of aliphatic hydroxyl groups is 1. The second kappa shape index (κ2) is 9.41. The van der Waals surface area contributed by atoms with Gasteiger partial charge in [0.2, 0.25) is 5.91 Å². The lowest BCUT2D eigenvalue weighted by Crippen LogP contribution is -2.54. The van der Waals surface area contributed by atoms with Gasteiger partial charge in [0.25, 0.3) is 5.60 Å². The molecule has 34 heavy (non-hydrogen) atoms. The Morgan fingerprint density at radius 2 is 1.56 bits per heavy atom. The first-order valence-corrected chi connectivity index (χ1v) is 11.0. The molecule has 2 N–H and O–H groups in total. The Morgan fingerprint density at radius 3 is 2.00 bits per heavy atom. The molecule has 0 aliphatic carbocycles. The first-order chi connectivity index (χ1) is 15.5.